The molecule has 1 aromatic carbocycles. The quantitative estimate of drug-likeness (QED) is 0.908. The van der Waals surface area contributed by atoms with Crippen molar-refractivity contribution in [1.82, 2.24) is 4.98 Å². The van der Waals surface area contributed by atoms with Crippen LogP contribution in [0.4, 0.5) is 0 Å². The zero-order chi connectivity index (χ0) is 12.3. The fourth-order valence-corrected chi connectivity index (χ4v) is 1.79. The summed E-state index contributed by atoms with van der Waals surface area (Å²) in [6.07, 6.45) is 0. The molecule has 1 heterocycles. The Labute approximate surface area is 104 Å². The highest BCUT2D eigenvalue weighted by atomic mass is 35.5. The summed E-state index contributed by atoms with van der Waals surface area (Å²) in [5, 5.41) is 0.536. The van der Waals surface area contributed by atoms with Crippen molar-refractivity contribution in [3.63, 3.8) is 0 Å². The fraction of sp³-hybridized carbons (Fsp3) is 0.154. The molecule has 2 rings (SSSR count). The van der Waals surface area contributed by atoms with E-state index in [2.05, 4.69) is 4.98 Å². The van der Waals surface area contributed by atoms with E-state index in [1.165, 1.54) is 6.07 Å². The summed E-state index contributed by atoms with van der Waals surface area (Å²) in [7, 11) is 0. The molecule has 2 aromatic rings. The van der Waals surface area contributed by atoms with E-state index in [-0.39, 0.29) is 5.56 Å². The van der Waals surface area contributed by atoms with Gasteiger partial charge in [-0.25, -0.2) is 0 Å². The average Bonchev–Trinajstić information content (AvgIpc) is 2.32. The summed E-state index contributed by atoms with van der Waals surface area (Å²) in [6.45, 7) is 2.47. The lowest BCUT2D eigenvalue weighted by molar-refractivity contribution is 0.340. The topological polar surface area (TPSA) is 42.1 Å². The van der Waals surface area contributed by atoms with Gasteiger partial charge in [0.2, 0.25) is 5.56 Å². The van der Waals surface area contributed by atoms with Crippen LogP contribution >= 0.6 is 11.6 Å². The van der Waals surface area contributed by atoms with E-state index < -0.39 is 0 Å². The summed E-state index contributed by atoms with van der Waals surface area (Å²) in [5.74, 6) is 0.649. The largest absolute Gasteiger partial charge is 0.492 e. The third-order valence-electron chi connectivity index (χ3n) is 2.31. The van der Waals surface area contributed by atoms with Gasteiger partial charge in [-0.3, -0.25) is 4.79 Å². The summed E-state index contributed by atoms with van der Waals surface area (Å²) in [4.78, 5) is 14.0. The minimum absolute atomic E-state index is 0.132. The van der Waals surface area contributed by atoms with E-state index in [1.807, 2.05) is 19.1 Å². The number of H-pyrrole nitrogens is 1. The summed E-state index contributed by atoms with van der Waals surface area (Å²) < 4.78 is 5.35. The molecule has 0 spiro atoms. The van der Waals surface area contributed by atoms with Gasteiger partial charge in [0.25, 0.3) is 0 Å². The van der Waals surface area contributed by atoms with Gasteiger partial charge >= 0.3 is 0 Å². The third kappa shape index (κ3) is 2.68. The van der Waals surface area contributed by atoms with Gasteiger partial charge in [-0.2, -0.15) is 0 Å². The number of hydrogen-bond donors (Lipinski definition) is 1. The van der Waals surface area contributed by atoms with Crippen LogP contribution in [0.5, 0.6) is 5.75 Å². The zero-order valence-electron chi connectivity index (χ0n) is 9.37. The van der Waals surface area contributed by atoms with Crippen molar-refractivity contribution in [2.45, 2.75) is 6.92 Å². The van der Waals surface area contributed by atoms with Crippen molar-refractivity contribution in [3.05, 3.63) is 51.8 Å². The molecule has 1 aromatic heterocycles. The summed E-state index contributed by atoms with van der Waals surface area (Å²) >= 11 is 6.08. The van der Waals surface area contributed by atoms with Gasteiger partial charge in [0.1, 0.15) is 5.75 Å². The maximum atomic E-state index is 11.2. The Kier molecular flexibility index (Phi) is 3.49. The fourth-order valence-electron chi connectivity index (χ4n) is 1.56. The van der Waals surface area contributed by atoms with E-state index in [1.54, 1.807) is 18.2 Å². The number of halogens is 1. The Morgan fingerprint density at radius 2 is 2.12 bits per heavy atom. The molecule has 0 aliphatic carbocycles. The molecule has 0 fully saturated rings. The molecule has 0 radical (unpaired) electrons. The molecule has 0 saturated heterocycles. The lowest BCUT2D eigenvalue weighted by Gasteiger charge is -2.07. The molecule has 4 heteroatoms. The highest BCUT2D eigenvalue weighted by Gasteiger charge is 2.04. The van der Waals surface area contributed by atoms with Crippen LogP contribution in [0.25, 0.3) is 11.3 Å². The van der Waals surface area contributed by atoms with Crippen molar-refractivity contribution >= 4 is 11.6 Å². The van der Waals surface area contributed by atoms with E-state index in [0.29, 0.717) is 17.4 Å². The summed E-state index contributed by atoms with van der Waals surface area (Å²) in [6, 6.07) is 10.4. The lowest BCUT2D eigenvalue weighted by Crippen LogP contribution is -2.03. The van der Waals surface area contributed by atoms with Crippen molar-refractivity contribution in [3.8, 4) is 17.0 Å². The number of hydrogen-bond acceptors (Lipinski definition) is 2. The zero-order valence-corrected chi connectivity index (χ0v) is 10.1. The van der Waals surface area contributed by atoms with Crippen LogP contribution < -0.4 is 10.3 Å². The van der Waals surface area contributed by atoms with Crippen LogP contribution in [0.15, 0.2) is 41.2 Å². The van der Waals surface area contributed by atoms with Crippen molar-refractivity contribution in [2.75, 3.05) is 6.61 Å². The van der Waals surface area contributed by atoms with Crippen molar-refractivity contribution in [2.24, 2.45) is 0 Å². The second-order valence-corrected chi connectivity index (χ2v) is 3.91. The first-order valence-electron chi connectivity index (χ1n) is 5.33. The number of aromatic nitrogens is 1. The number of nitrogens with one attached hydrogen (secondary N) is 1. The van der Waals surface area contributed by atoms with Gasteiger partial charge in [0.15, 0.2) is 0 Å². The lowest BCUT2D eigenvalue weighted by atomic mass is 10.1. The van der Waals surface area contributed by atoms with Gasteiger partial charge < -0.3 is 9.72 Å². The van der Waals surface area contributed by atoms with Gasteiger partial charge in [-0.05, 0) is 36.8 Å². The number of benzene rings is 1. The van der Waals surface area contributed by atoms with Crippen LogP contribution in [0.1, 0.15) is 6.92 Å². The molecular formula is C13H12ClNO2. The maximum Gasteiger partial charge on any atom is 0.248 e. The first-order valence-corrected chi connectivity index (χ1v) is 5.70. The Morgan fingerprint density at radius 3 is 2.76 bits per heavy atom. The Balaban J connectivity index is 2.41. The third-order valence-corrected chi connectivity index (χ3v) is 2.61. The normalized spacial score (nSPS) is 10.2. The minimum Gasteiger partial charge on any atom is -0.492 e. The Bertz CT molecular complexity index is 578. The maximum absolute atomic E-state index is 11.2. The molecule has 0 unspecified atom stereocenters. The van der Waals surface area contributed by atoms with E-state index in [9.17, 15) is 4.79 Å². The monoisotopic (exact) mass is 249 g/mol. The predicted octanol–water partition coefficient (Wildman–Crippen LogP) is 3.09. The van der Waals surface area contributed by atoms with Crippen LogP contribution in [0, 0.1) is 0 Å². The number of ether oxygens (including phenoxy) is 1. The molecule has 1 N–H and O–H groups in total. The molecule has 0 bridgehead atoms. The summed E-state index contributed by atoms with van der Waals surface area (Å²) in [5.41, 5.74) is 1.46. The van der Waals surface area contributed by atoms with Gasteiger partial charge in [0, 0.05) is 11.8 Å². The van der Waals surface area contributed by atoms with Crippen molar-refractivity contribution in [1.29, 1.82) is 0 Å². The average molecular weight is 250 g/mol. The molecule has 17 heavy (non-hydrogen) atoms. The van der Waals surface area contributed by atoms with E-state index in [4.69, 9.17) is 16.3 Å². The van der Waals surface area contributed by atoms with Gasteiger partial charge in [-0.1, -0.05) is 17.7 Å². The minimum atomic E-state index is -0.132. The SMILES string of the molecule is CCOc1ccc(-c2cccc(=O)[nH]2)cc1Cl. The molecule has 0 aliphatic heterocycles. The number of rotatable bonds is 3. The van der Waals surface area contributed by atoms with E-state index >= 15 is 0 Å². The van der Waals surface area contributed by atoms with Crippen LogP contribution in [-0.4, -0.2) is 11.6 Å². The Morgan fingerprint density at radius 1 is 1.29 bits per heavy atom. The number of aromatic amines is 1. The smallest absolute Gasteiger partial charge is 0.248 e. The Hall–Kier alpha value is -1.74. The second kappa shape index (κ2) is 5.06. The molecule has 0 atom stereocenters. The highest BCUT2D eigenvalue weighted by Crippen LogP contribution is 2.29. The van der Waals surface area contributed by atoms with Crippen LogP contribution in [0.2, 0.25) is 5.02 Å². The molecule has 0 saturated carbocycles. The van der Waals surface area contributed by atoms with Crippen LogP contribution in [0.3, 0.4) is 0 Å². The standard InChI is InChI=1S/C13H12ClNO2/c1-2-17-12-7-6-9(8-10(12)14)11-4-3-5-13(16)15-11/h3-8H,2H2,1H3,(H,15,16). The molecule has 88 valence electrons. The second-order valence-electron chi connectivity index (χ2n) is 3.51. The molecular weight excluding hydrogens is 238 g/mol. The van der Waals surface area contributed by atoms with E-state index in [0.717, 1.165) is 11.3 Å². The highest BCUT2D eigenvalue weighted by molar-refractivity contribution is 6.32. The molecule has 0 amide bonds. The van der Waals surface area contributed by atoms with Crippen molar-refractivity contribution < 1.29 is 4.74 Å². The first-order chi connectivity index (χ1) is 8.20. The van der Waals surface area contributed by atoms with Crippen LogP contribution in [-0.2, 0) is 0 Å². The molecule has 3 nitrogen and oxygen atoms in total. The van der Waals surface area contributed by atoms with Gasteiger partial charge in [-0.15, -0.1) is 0 Å². The first kappa shape index (κ1) is 11.7. The number of pyridine rings is 1. The molecule has 0 aliphatic rings. The predicted molar refractivity (Wildman–Crippen MR) is 68.7 cm³/mol. The van der Waals surface area contributed by atoms with Gasteiger partial charge in [0.05, 0.1) is 11.6 Å².